The van der Waals surface area contributed by atoms with E-state index >= 15 is 0 Å². The van der Waals surface area contributed by atoms with Crippen LogP contribution in [0.2, 0.25) is 0 Å². The Kier molecular flexibility index (Phi) is 7.35. The summed E-state index contributed by atoms with van der Waals surface area (Å²) in [5.74, 6) is -0.262. The fourth-order valence-corrected chi connectivity index (χ4v) is 0.696. The third kappa shape index (κ3) is 7.06. The van der Waals surface area contributed by atoms with E-state index in [4.69, 9.17) is 4.74 Å². The van der Waals surface area contributed by atoms with E-state index in [9.17, 15) is 4.79 Å². The second kappa shape index (κ2) is 8.05. The molecule has 0 atom stereocenters. The van der Waals surface area contributed by atoms with Gasteiger partial charge < -0.3 is 4.74 Å². The van der Waals surface area contributed by atoms with E-state index in [1.165, 1.54) is 6.08 Å². The molecule has 2 nitrogen and oxygen atoms in total. The number of carbonyl (C=O) groups excluding carboxylic acids is 1. The predicted molar refractivity (Wildman–Crippen MR) is 49.8 cm³/mol. The van der Waals surface area contributed by atoms with Crippen LogP contribution < -0.4 is 0 Å². The zero-order valence-corrected chi connectivity index (χ0v) is 7.75. The number of carbonyl (C=O) groups is 1. The summed E-state index contributed by atoms with van der Waals surface area (Å²) in [5.41, 5.74) is 0. The first kappa shape index (κ1) is 11.0. The lowest BCUT2D eigenvalue weighted by Gasteiger charge is -1.92. The van der Waals surface area contributed by atoms with Crippen molar-refractivity contribution in [2.75, 3.05) is 6.61 Å². The molecule has 0 spiro atoms. The van der Waals surface area contributed by atoms with Crippen LogP contribution in [-0.4, -0.2) is 12.6 Å². The highest BCUT2D eigenvalue weighted by Gasteiger charge is 1.90. The molecule has 0 aromatic rings. The van der Waals surface area contributed by atoms with Crippen molar-refractivity contribution in [3.63, 3.8) is 0 Å². The normalized spacial score (nSPS) is 11.2. The molecule has 12 heavy (non-hydrogen) atoms. The van der Waals surface area contributed by atoms with Crippen LogP contribution in [0.5, 0.6) is 0 Å². The van der Waals surface area contributed by atoms with Crippen molar-refractivity contribution < 1.29 is 9.53 Å². The van der Waals surface area contributed by atoms with Crippen LogP contribution in [0.1, 0.15) is 26.7 Å². The van der Waals surface area contributed by atoms with E-state index in [1.807, 2.05) is 6.08 Å². The molecule has 0 saturated carbocycles. The van der Waals surface area contributed by atoms with Gasteiger partial charge in [-0.15, -0.1) is 0 Å². The highest BCUT2D eigenvalue weighted by molar-refractivity contribution is 5.81. The lowest BCUT2D eigenvalue weighted by molar-refractivity contribution is -0.137. The van der Waals surface area contributed by atoms with Gasteiger partial charge in [0.25, 0.3) is 0 Å². The van der Waals surface area contributed by atoms with Crippen LogP contribution in [0.3, 0.4) is 0 Å². The average molecular weight is 168 g/mol. The molecule has 2 heteroatoms. The molecule has 0 N–H and O–H groups in total. The van der Waals surface area contributed by atoms with Crippen LogP contribution >= 0.6 is 0 Å². The Balaban J connectivity index is 3.47. The second-order valence-electron chi connectivity index (χ2n) is 2.27. The number of hydrogen-bond acceptors (Lipinski definition) is 2. The first-order valence-corrected chi connectivity index (χ1v) is 4.29. The van der Waals surface area contributed by atoms with Crippen LogP contribution in [0.4, 0.5) is 0 Å². The maximum Gasteiger partial charge on any atom is 0.330 e. The average Bonchev–Trinajstić information content (AvgIpc) is 2.05. The zero-order valence-electron chi connectivity index (χ0n) is 7.75. The molecule has 0 aromatic heterocycles. The molecule has 0 aliphatic heterocycles. The molecule has 0 aliphatic carbocycles. The topological polar surface area (TPSA) is 26.3 Å². The molecule has 0 heterocycles. The summed E-state index contributed by atoms with van der Waals surface area (Å²) < 4.78 is 4.70. The van der Waals surface area contributed by atoms with Gasteiger partial charge in [-0.2, -0.15) is 0 Å². The first-order valence-electron chi connectivity index (χ1n) is 4.29. The molecular weight excluding hydrogens is 152 g/mol. The van der Waals surface area contributed by atoms with Crippen molar-refractivity contribution in [2.45, 2.75) is 26.7 Å². The minimum Gasteiger partial charge on any atom is -0.463 e. The van der Waals surface area contributed by atoms with Gasteiger partial charge in [-0.05, 0) is 19.8 Å². The van der Waals surface area contributed by atoms with Gasteiger partial charge in [0.05, 0.1) is 6.61 Å². The van der Waals surface area contributed by atoms with Crippen LogP contribution in [-0.2, 0) is 9.53 Å². The Hall–Kier alpha value is -1.05. The quantitative estimate of drug-likeness (QED) is 0.358. The minimum absolute atomic E-state index is 0.262. The van der Waals surface area contributed by atoms with E-state index in [1.54, 1.807) is 13.0 Å². The van der Waals surface area contributed by atoms with Gasteiger partial charge in [-0.1, -0.05) is 25.2 Å². The van der Waals surface area contributed by atoms with Crippen LogP contribution in [0.25, 0.3) is 0 Å². The minimum atomic E-state index is -0.262. The summed E-state index contributed by atoms with van der Waals surface area (Å²) >= 11 is 0. The summed E-state index contributed by atoms with van der Waals surface area (Å²) in [6, 6.07) is 0. The predicted octanol–water partition coefficient (Wildman–Crippen LogP) is 2.46. The molecule has 0 aromatic carbocycles. The molecule has 0 unspecified atom stereocenters. The van der Waals surface area contributed by atoms with Gasteiger partial charge in [0.2, 0.25) is 0 Å². The van der Waals surface area contributed by atoms with Crippen molar-refractivity contribution >= 4 is 5.97 Å². The summed E-state index contributed by atoms with van der Waals surface area (Å²) in [6.45, 7) is 4.31. The van der Waals surface area contributed by atoms with Crippen molar-refractivity contribution in [2.24, 2.45) is 0 Å². The van der Waals surface area contributed by atoms with Crippen LogP contribution in [0.15, 0.2) is 24.3 Å². The third-order valence-electron chi connectivity index (χ3n) is 1.22. The second-order valence-corrected chi connectivity index (χ2v) is 2.27. The van der Waals surface area contributed by atoms with Crippen molar-refractivity contribution in [3.05, 3.63) is 24.3 Å². The monoisotopic (exact) mass is 168 g/mol. The van der Waals surface area contributed by atoms with Gasteiger partial charge in [0.15, 0.2) is 0 Å². The Bertz CT molecular complexity index is 169. The standard InChI is InChI=1S/C10H16O2/c1-3-5-6-7-8-9-10(11)12-4-2/h5-6,8-9H,3-4,7H2,1-2H3/b6-5-,9-8+. The van der Waals surface area contributed by atoms with E-state index in [0.717, 1.165) is 12.8 Å². The Morgan fingerprint density at radius 3 is 2.58 bits per heavy atom. The Morgan fingerprint density at radius 2 is 2.00 bits per heavy atom. The Labute approximate surface area is 73.9 Å². The van der Waals surface area contributed by atoms with Gasteiger partial charge >= 0.3 is 5.97 Å². The summed E-state index contributed by atoms with van der Waals surface area (Å²) in [7, 11) is 0. The smallest absolute Gasteiger partial charge is 0.330 e. The van der Waals surface area contributed by atoms with Crippen molar-refractivity contribution in [1.29, 1.82) is 0 Å². The van der Waals surface area contributed by atoms with E-state index in [0.29, 0.717) is 6.61 Å². The van der Waals surface area contributed by atoms with Crippen molar-refractivity contribution in [3.8, 4) is 0 Å². The number of ether oxygens (including phenoxy) is 1. The fourth-order valence-electron chi connectivity index (χ4n) is 0.696. The zero-order chi connectivity index (χ0) is 9.23. The lowest BCUT2D eigenvalue weighted by Crippen LogP contribution is -1.98. The fraction of sp³-hybridized carbons (Fsp3) is 0.500. The molecule has 0 radical (unpaired) electrons. The number of hydrogen-bond donors (Lipinski definition) is 0. The molecule has 0 bridgehead atoms. The Morgan fingerprint density at radius 1 is 1.25 bits per heavy atom. The summed E-state index contributed by atoms with van der Waals surface area (Å²) in [5, 5.41) is 0. The van der Waals surface area contributed by atoms with Gasteiger partial charge in [0.1, 0.15) is 0 Å². The maximum absolute atomic E-state index is 10.7. The van der Waals surface area contributed by atoms with Gasteiger partial charge in [0, 0.05) is 6.08 Å². The first-order chi connectivity index (χ1) is 5.81. The SMILES string of the molecule is CC/C=C\C/C=C/C(=O)OCC. The van der Waals surface area contributed by atoms with Gasteiger partial charge in [-0.3, -0.25) is 0 Å². The summed E-state index contributed by atoms with van der Waals surface area (Å²) in [6.07, 6.45) is 9.18. The molecule has 68 valence electrons. The molecular formula is C10H16O2. The molecule has 0 amide bonds. The lowest BCUT2D eigenvalue weighted by atomic mass is 10.3. The van der Waals surface area contributed by atoms with Gasteiger partial charge in [-0.25, -0.2) is 4.79 Å². The number of esters is 1. The highest BCUT2D eigenvalue weighted by Crippen LogP contribution is 1.89. The largest absolute Gasteiger partial charge is 0.463 e. The van der Waals surface area contributed by atoms with E-state index < -0.39 is 0 Å². The van der Waals surface area contributed by atoms with Crippen molar-refractivity contribution in [1.82, 2.24) is 0 Å². The highest BCUT2D eigenvalue weighted by atomic mass is 16.5. The maximum atomic E-state index is 10.7. The van der Waals surface area contributed by atoms with E-state index in [2.05, 4.69) is 13.0 Å². The molecule has 0 fully saturated rings. The molecule has 0 rings (SSSR count). The van der Waals surface area contributed by atoms with Crippen LogP contribution in [0, 0.1) is 0 Å². The molecule has 0 saturated heterocycles. The number of rotatable bonds is 5. The van der Waals surface area contributed by atoms with E-state index in [-0.39, 0.29) is 5.97 Å². The number of allylic oxidation sites excluding steroid dienone is 3. The summed E-state index contributed by atoms with van der Waals surface area (Å²) in [4.78, 5) is 10.7. The molecule has 0 aliphatic rings. The third-order valence-corrected chi connectivity index (χ3v) is 1.22.